The fourth-order valence-electron chi connectivity index (χ4n) is 0.848. The van der Waals surface area contributed by atoms with Gasteiger partial charge in [-0.2, -0.15) is 0 Å². The molecule has 0 aromatic carbocycles. The first-order valence-corrected chi connectivity index (χ1v) is 4.05. The molecule has 1 aromatic heterocycles. The molecule has 0 bridgehead atoms. The van der Waals surface area contributed by atoms with E-state index in [1.165, 1.54) is 25.5 Å². The normalized spacial score (nSPS) is 11.9. The lowest BCUT2D eigenvalue weighted by atomic mass is 10.2. The van der Waals surface area contributed by atoms with Gasteiger partial charge in [-0.15, -0.1) is 0 Å². The number of amides is 1. The first kappa shape index (κ1) is 10.3. The molecule has 1 unspecified atom stereocenters. The summed E-state index contributed by atoms with van der Waals surface area (Å²) < 4.78 is 0. The number of nitrogens with one attached hydrogen (secondary N) is 1. The molecule has 1 atom stereocenters. The lowest BCUT2D eigenvalue weighted by Gasteiger charge is -2.08. The Balaban J connectivity index is 2.72. The molecule has 2 N–H and O–H groups in total. The Morgan fingerprint density at radius 2 is 2.36 bits per heavy atom. The van der Waals surface area contributed by atoms with Crippen molar-refractivity contribution in [2.45, 2.75) is 13.2 Å². The van der Waals surface area contributed by atoms with Gasteiger partial charge in [0.2, 0.25) is 0 Å². The standard InChI is InChI=1S/C9H11N3O2/c1-6(9(14)12-7(2)13)8-5-10-3-4-11-8/h3-5,7,13H,1H2,2H3,(H,12,14). The highest BCUT2D eigenvalue weighted by molar-refractivity contribution is 6.18. The summed E-state index contributed by atoms with van der Waals surface area (Å²) in [6, 6.07) is 0. The van der Waals surface area contributed by atoms with Crippen molar-refractivity contribution in [3.05, 3.63) is 30.9 Å². The Bertz CT molecular complexity index is 335. The quantitative estimate of drug-likeness (QED) is 0.521. The van der Waals surface area contributed by atoms with Crippen LogP contribution in [0.3, 0.4) is 0 Å². The maximum Gasteiger partial charge on any atom is 0.254 e. The Morgan fingerprint density at radius 1 is 1.64 bits per heavy atom. The minimum absolute atomic E-state index is 0.180. The van der Waals surface area contributed by atoms with Gasteiger partial charge < -0.3 is 10.4 Å². The molecule has 5 nitrogen and oxygen atoms in total. The van der Waals surface area contributed by atoms with Gasteiger partial charge in [0.15, 0.2) is 0 Å². The Kier molecular flexibility index (Phi) is 3.30. The van der Waals surface area contributed by atoms with E-state index in [9.17, 15) is 4.79 Å². The Morgan fingerprint density at radius 3 is 2.86 bits per heavy atom. The van der Waals surface area contributed by atoms with E-state index >= 15 is 0 Å². The fraction of sp³-hybridized carbons (Fsp3) is 0.222. The third-order valence-electron chi connectivity index (χ3n) is 1.49. The minimum atomic E-state index is -0.907. The fourth-order valence-corrected chi connectivity index (χ4v) is 0.848. The number of rotatable bonds is 3. The zero-order valence-electron chi connectivity index (χ0n) is 7.77. The molecule has 1 rings (SSSR count). The van der Waals surface area contributed by atoms with E-state index in [4.69, 9.17) is 5.11 Å². The summed E-state index contributed by atoms with van der Waals surface area (Å²) in [7, 11) is 0. The lowest BCUT2D eigenvalue weighted by Crippen LogP contribution is -2.32. The van der Waals surface area contributed by atoms with Crippen LogP contribution in [0, 0.1) is 0 Å². The largest absolute Gasteiger partial charge is 0.374 e. The predicted octanol–water partition coefficient (Wildman–Crippen LogP) is -0.0557. The van der Waals surface area contributed by atoms with Crippen molar-refractivity contribution in [2.24, 2.45) is 0 Å². The van der Waals surface area contributed by atoms with Crippen LogP contribution in [0.5, 0.6) is 0 Å². The number of hydrogen-bond acceptors (Lipinski definition) is 4. The highest BCUT2D eigenvalue weighted by Gasteiger charge is 2.11. The Hall–Kier alpha value is -1.75. The van der Waals surface area contributed by atoms with Gasteiger partial charge in [0, 0.05) is 12.4 Å². The van der Waals surface area contributed by atoms with E-state index < -0.39 is 12.1 Å². The van der Waals surface area contributed by atoms with Crippen LogP contribution in [-0.4, -0.2) is 27.2 Å². The van der Waals surface area contributed by atoms with Gasteiger partial charge in [0.1, 0.15) is 6.23 Å². The van der Waals surface area contributed by atoms with Crippen LogP contribution in [0.1, 0.15) is 12.6 Å². The summed E-state index contributed by atoms with van der Waals surface area (Å²) in [5, 5.41) is 11.2. The van der Waals surface area contributed by atoms with E-state index in [0.717, 1.165) is 0 Å². The molecule has 1 aromatic rings. The molecule has 0 aliphatic carbocycles. The third kappa shape index (κ3) is 2.63. The van der Waals surface area contributed by atoms with Crippen molar-refractivity contribution >= 4 is 11.5 Å². The van der Waals surface area contributed by atoms with Crippen LogP contribution in [0.2, 0.25) is 0 Å². The van der Waals surface area contributed by atoms with E-state index in [1.54, 1.807) is 0 Å². The maximum atomic E-state index is 11.3. The van der Waals surface area contributed by atoms with Gasteiger partial charge in [-0.3, -0.25) is 14.8 Å². The molecule has 1 heterocycles. The van der Waals surface area contributed by atoms with Gasteiger partial charge in [0.25, 0.3) is 5.91 Å². The molecule has 74 valence electrons. The molecule has 0 aliphatic rings. The molecule has 0 radical (unpaired) electrons. The highest BCUT2D eigenvalue weighted by Crippen LogP contribution is 2.06. The van der Waals surface area contributed by atoms with Crippen molar-refractivity contribution in [3.63, 3.8) is 0 Å². The summed E-state index contributed by atoms with van der Waals surface area (Å²) in [5.41, 5.74) is 0.574. The molecule has 0 fully saturated rings. The van der Waals surface area contributed by atoms with Crippen molar-refractivity contribution in [3.8, 4) is 0 Å². The number of aliphatic hydroxyl groups is 1. The van der Waals surface area contributed by atoms with Gasteiger partial charge >= 0.3 is 0 Å². The van der Waals surface area contributed by atoms with Gasteiger partial charge in [-0.25, -0.2) is 0 Å². The number of aromatic nitrogens is 2. The SMILES string of the molecule is C=C(C(=O)NC(C)O)c1cnccn1. The second kappa shape index (κ2) is 4.48. The topological polar surface area (TPSA) is 75.1 Å². The highest BCUT2D eigenvalue weighted by atomic mass is 16.3. The van der Waals surface area contributed by atoms with E-state index in [2.05, 4.69) is 21.9 Å². The van der Waals surface area contributed by atoms with Crippen LogP contribution in [0.25, 0.3) is 5.57 Å². The average Bonchev–Trinajstić information content (AvgIpc) is 2.17. The maximum absolute atomic E-state index is 11.3. The van der Waals surface area contributed by atoms with E-state index in [1.807, 2.05) is 0 Å². The van der Waals surface area contributed by atoms with Crippen LogP contribution in [-0.2, 0) is 4.79 Å². The number of hydrogen-bond donors (Lipinski definition) is 2. The second-order valence-electron chi connectivity index (χ2n) is 2.72. The zero-order valence-corrected chi connectivity index (χ0v) is 7.77. The lowest BCUT2D eigenvalue weighted by molar-refractivity contribution is -0.118. The van der Waals surface area contributed by atoms with Crippen LogP contribution >= 0.6 is 0 Å². The van der Waals surface area contributed by atoms with Crippen molar-refractivity contribution in [1.82, 2.24) is 15.3 Å². The van der Waals surface area contributed by atoms with E-state index in [0.29, 0.717) is 5.69 Å². The van der Waals surface area contributed by atoms with Crippen molar-refractivity contribution < 1.29 is 9.90 Å². The van der Waals surface area contributed by atoms with Crippen LogP contribution < -0.4 is 5.32 Å². The smallest absolute Gasteiger partial charge is 0.254 e. The molecule has 0 saturated carbocycles. The first-order chi connectivity index (χ1) is 6.61. The van der Waals surface area contributed by atoms with Crippen molar-refractivity contribution in [1.29, 1.82) is 0 Å². The predicted molar refractivity (Wildman–Crippen MR) is 50.9 cm³/mol. The monoisotopic (exact) mass is 193 g/mol. The summed E-state index contributed by atoms with van der Waals surface area (Å²) in [6.07, 6.45) is 3.50. The number of carbonyl (C=O) groups is 1. The molecule has 5 heteroatoms. The molecular formula is C9H11N3O2. The van der Waals surface area contributed by atoms with Gasteiger partial charge in [0.05, 0.1) is 17.5 Å². The number of carbonyl (C=O) groups excluding carboxylic acids is 1. The zero-order chi connectivity index (χ0) is 10.6. The molecule has 14 heavy (non-hydrogen) atoms. The molecular weight excluding hydrogens is 182 g/mol. The van der Waals surface area contributed by atoms with Gasteiger partial charge in [-0.1, -0.05) is 6.58 Å². The van der Waals surface area contributed by atoms with Crippen LogP contribution in [0.4, 0.5) is 0 Å². The van der Waals surface area contributed by atoms with Crippen LogP contribution in [0.15, 0.2) is 25.2 Å². The summed E-state index contributed by atoms with van der Waals surface area (Å²) in [6.45, 7) is 5.00. The van der Waals surface area contributed by atoms with E-state index in [-0.39, 0.29) is 5.57 Å². The molecule has 0 spiro atoms. The Labute approximate surface area is 81.5 Å². The summed E-state index contributed by atoms with van der Waals surface area (Å²) >= 11 is 0. The average molecular weight is 193 g/mol. The number of nitrogens with zero attached hydrogens (tertiary/aromatic N) is 2. The number of aliphatic hydroxyl groups excluding tert-OH is 1. The van der Waals surface area contributed by atoms with Crippen molar-refractivity contribution in [2.75, 3.05) is 0 Å². The third-order valence-corrected chi connectivity index (χ3v) is 1.49. The summed E-state index contributed by atoms with van der Waals surface area (Å²) in [4.78, 5) is 19.0. The summed E-state index contributed by atoms with van der Waals surface area (Å²) in [5.74, 6) is -0.458. The first-order valence-electron chi connectivity index (χ1n) is 4.05. The molecule has 0 aliphatic heterocycles. The van der Waals surface area contributed by atoms with Gasteiger partial charge in [-0.05, 0) is 6.92 Å². The second-order valence-corrected chi connectivity index (χ2v) is 2.72. The molecule has 1 amide bonds. The minimum Gasteiger partial charge on any atom is -0.374 e. The molecule has 0 saturated heterocycles.